The molecule has 0 bridgehead atoms. The molecule has 1 heterocycles. The summed E-state index contributed by atoms with van der Waals surface area (Å²) >= 11 is 7.58. The number of piperazine rings is 1. The molecule has 1 aliphatic heterocycles. The van der Waals surface area contributed by atoms with Crippen LogP contribution >= 0.6 is 23.4 Å². The minimum atomic E-state index is -0.577. The third-order valence-corrected chi connectivity index (χ3v) is 5.53. The van der Waals surface area contributed by atoms with Gasteiger partial charge in [0, 0.05) is 36.8 Å². The first-order chi connectivity index (χ1) is 13.1. The monoisotopic (exact) mass is 404 g/mol. The van der Waals surface area contributed by atoms with Gasteiger partial charge in [-0.15, -0.1) is 11.8 Å². The number of para-hydroxylation sites is 1. The number of thioether (sulfide) groups is 1. The van der Waals surface area contributed by atoms with Crippen molar-refractivity contribution >= 4 is 40.9 Å². The lowest BCUT2D eigenvalue weighted by molar-refractivity contribution is -0.134. The molecule has 0 aliphatic carbocycles. The van der Waals surface area contributed by atoms with E-state index in [0.717, 1.165) is 23.7 Å². The van der Waals surface area contributed by atoms with Gasteiger partial charge in [0.25, 0.3) is 5.91 Å². The van der Waals surface area contributed by atoms with Gasteiger partial charge in [-0.1, -0.05) is 29.8 Å². The number of rotatable bonds is 5. The summed E-state index contributed by atoms with van der Waals surface area (Å²) in [7, 11) is 0. The molecule has 0 spiro atoms. The Morgan fingerprint density at radius 2 is 1.78 bits per heavy atom. The summed E-state index contributed by atoms with van der Waals surface area (Å²) in [6.45, 7) is 2.45. The van der Waals surface area contributed by atoms with Crippen molar-refractivity contribution in [3.05, 3.63) is 59.1 Å². The summed E-state index contributed by atoms with van der Waals surface area (Å²) in [5.41, 5.74) is 1.43. The van der Waals surface area contributed by atoms with Gasteiger partial charge >= 0.3 is 5.97 Å². The van der Waals surface area contributed by atoms with E-state index in [9.17, 15) is 9.59 Å². The van der Waals surface area contributed by atoms with Gasteiger partial charge < -0.3 is 14.5 Å². The van der Waals surface area contributed by atoms with Crippen molar-refractivity contribution < 1.29 is 14.3 Å². The summed E-state index contributed by atoms with van der Waals surface area (Å²) in [4.78, 5) is 29.5. The number of amides is 1. The van der Waals surface area contributed by atoms with Gasteiger partial charge in [-0.3, -0.25) is 4.79 Å². The molecule has 2 aromatic rings. The number of anilines is 1. The van der Waals surface area contributed by atoms with Crippen molar-refractivity contribution in [3.8, 4) is 0 Å². The van der Waals surface area contributed by atoms with E-state index < -0.39 is 5.97 Å². The molecule has 0 saturated carbocycles. The summed E-state index contributed by atoms with van der Waals surface area (Å²) in [6.07, 6.45) is 1.91. The average Bonchev–Trinajstić information content (AvgIpc) is 2.73. The molecule has 3 rings (SSSR count). The molecule has 0 aromatic heterocycles. The van der Waals surface area contributed by atoms with Crippen LogP contribution in [-0.2, 0) is 9.53 Å². The molecule has 0 radical (unpaired) electrons. The van der Waals surface area contributed by atoms with E-state index in [1.807, 2.05) is 30.5 Å². The lowest BCUT2D eigenvalue weighted by Crippen LogP contribution is -2.49. The molecular formula is C20H21ClN2O3S. The van der Waals surface area contributed by atoms with Gasteiger partial charge in [-0.25, -0.2) is 4.79 Å². The van der Waals surface area contributed by atoms with Crippen molar-refractivity contribution in [2.45, 2.75) is 4.90 Å². The Hall–Kier alpha value is -2.18. The van der Waals surface area contributed by atoms with Gasteiger partial charge in [-0.2, -0.15) is 0 Å². The second kappa shape index (κ2) is 9.15. The predicted octanol–water partition coefficient (Wildman–Crippen LogP) is 3.57. The summed E-state index contributed by atoms with van der Waals surface area (Å²) in [5, 5.41) is 0.321. The topological polar surface area (TPSA) is 49.9 Å². The van der Waals surface area contributed by atoms with E-state index >= 15 is 0 Å². The Kier molecular flexibility index (Phi) is 6.63. The molecule has 1 aliphatic rings. The zero-order chi connectivity index (χ0) is 19.2. The molecule has 1 saturated heterocycles. The molecule has 2 aromatic carbocycles. The molecule has 27 heavy (non-hydrogen) atoms. The van der Waals surface area contributed by atoms with Crippen molar-refractivity contribution in [1.82, 2.24) is 4.90 Å². The molecule has 7 heteroatoms. The molecule has 1 fully saturated rings. The van der Waals surface area contributed by atoms with Crippen LogP contribution < -0.4 is 4.90 Å². The number of halogens is 1. The van der Waals surface area contributed by atoms with Crippen molar-refractivity contribution in [2.24, 2.45) is 0 Å². The zero-order valence-corrected chi connectivity index (χ0v) is 16.6. The summed E-state index contributed by atoms with van der Waals surface area (Å²) in [5.74, 6) is -0.764. The van der Waals surface area contributed by atoms with Crippen LogP contribution in [0.2, 0.25) is 5.02 Å². The number of carbonyl (C=O) groups excluding carboxylic acids is 2. The highest BCUT2D eigenvalue weighted by Crippen LogP contribution is 2.23. The number of benzene rings is 2. The van der Waals surface area contributed by atoms with Crippen LogP contribution in [0.3, 0.4) is 0 Å². The Morgan fingerprint density at radius 1 is 1.07 bits per heavy atom. The predicted molar refractivity (Wildman–Crippen MR) is 109 cm³/mol. The van der Waals surface area contributed by atoms with Gasteiger partial charge in [0.15, 0.2) is 6.61 Å². The summed E-state index contributed by atoms with van der Waals surface area (Å²) in [6, 6.07) is 15.3. The lowest BCUT2D eigenvalue weighted by atomic mass is 10.2. The number of ether oxygens (including phenoxy) is 1. The fourth-order valence-electron chi connectivity index (χ4n) is 2.94. The summed E-state index contributed by atoms with van der Waals surface area (Å²) < 4.78 is 5.20. The Bertz CT molecular complexity index is 808. The fraction of sp³-hybridized carbons (Fsp3) is 0.300. The Labute approximate surface area is 168 Å². The minimum absolute atomic E-state index is 0.187. The van der Waals surface area contributed by atoms with Gasteiger partial charge in [0.1, 0.15) is 0 Å². The van der Waals surface area contributed by atoms with Crippen molar-refractivity contribution in [2.75, 3.05) is 43.9 Å². The van der Waals surface area contributed by atoms with Crippen LogP contribution in [-0.4, -0.2) is 55.8 Å². The largest absolute Gasteiger partial charge is 0.452 e. The number of esters is 1. The first kappa shape index (κ1) is 19.6. The second-order valence-electron chi connectivity index (χ2n) is 6.13. The van der Waals surface area contributed by atoms with Crippen LogP contribution in [0.15, 0.2) is 53.4 Å². The molecular weight excluding hydrogens is 384 g/mol. The quantitative estimate of drug-likeness (QED) is 0.563. The van der Waals surface area contributed by atoms with Crippen molar-refractivity contribution in [1.29, 1.82) is 0 Å². The van der Waals surface area contributed by atoms with E-state index in [4.69, 9.17) is 16.3 Å². The van der Waals surface area contributed by atoms with E-state index in [1.54, 1.807) is 17.0 Å². The molecule has 5 nitrogen and oxygen atoms in total. The highest BCUT2D eigenvalue weighted by Gasteiger charge is 2.23. The number of hydrogen-bond donors (Lipinski definition) is 0. The Balaban J connectivity index is 1.51. The van der Waals surface area contributed by atoms with E-state index in [-0.39, 0.29) is 18.1 Å². The number of hydrogen-bond acceptors (Lipinski definition) is 5. The standard InChI is InChI=1S/C20H21ClN2O3S/c1-27-16-7-8-18(21)17(13-16)20(25)26-14-19(24)23-11-9-22(10-12-23)15-5-3-2-4-6-15/h2-8,13H,9-12,14H2,1H3. The maximum atomic E-state index is 12.4. The van der Waals surface area contributed by atoms with Gasteiger partial charge in [0.2, 0.25) is 0 Å². The maximum absolute atomic E-state index is 12.4. The SMILES string of the molecule is CSc1ccc(Cl)c(C(=O)OCC(=O)N2CCN(c3ccccc3)CC2)c1. The number of carbonyl (C=O) groups is 2. The third kappa shape index (κ3) is 4.96. The zero-order valence-electron chi connectivity index (χ0n) is 15.1. The lowest BCUT2D eigenvalue weighted by Gasteiger charge is -2.36. The molecule has 142 valence electrons. The van der Waals surface area contributed by atoms with Crippen molar-refractivity contribution in [3.63, 3.8) is 0 Å². The normalized spacial score (nSPS) is 14.1. The highest BCUT2D eigenvalue weighted by atomic mass is 35.5. The first-order valence-corrected chi connectivity index (χ1v) is 10.3. The smallest absolute Gasteiger partial charge is 0.340 e. The Morgan fingerprint density at radius 3 is 2.44 bits per heavy atom. The maximum Gasteiger partial charge on any atom is 0.340 e. The van der Waals surface area contributed by atoms with Crippen LogP contribution in [0.5, 0.6) is 0 Å². The van der Waals surface area contributed by atoms with E-state index in [0.29, 0.717) is 18.1 Å². The second-order valence-corrected chi connectivity index (χ2v) is 7.41. The first-order valence-electron chi connectivity index (χ1n) is 8.67. The van der Waals surface area contributed by atoms with E-state index in [1.165, 1.54) is 11.8 Å². The van der Waals surface area contributed by atoms with Crippen LogP contribution in [0.25, 0.3) is 0 Å². The van der Waals surface area contributed by atoms with Crippen LogP contribution in [0.1, 0.15) is 10.4 Å². The average molecular weight is 405 g/mol. The van der Waals surface area contributed by atoms with Gasteiger partial charge in [0.05, 0.1) is 10.6 Å². The van der Waals surface area contributed by atoms with Crippen LogP contribution in [0, 0.1) is 0 Å². The van der Waals surface area contributed by atoms with E-state index in [2.05, 4.69) is 17.0 Å². The molecule has 0 atom stereocenters. The highest BCUT2D eigenvalue weighted by molar-refractivity contribution is 7.98. The molecule has 1 amide bonds. The fourth-order valence-corrected chi connectivity index (χ4v) is 3.57. The van der Waals surface area contributed by atoms with Crippen LogP contribution in [0.4, 0.5) is 5.69 Å². The minimum Gasteiger partial charge on any atom is -0.452 e. The third-order valence-electron chi connectivity index (χ3n) is 4.47. The van der Waals surface area contributed by atoms with Gasteiger partial charge in [-0.05, 0) is 36.6 Å². The molecule has 0 unspecified atom stereocenters. The number of nitrogens with zero attached hydrogens (tertiary/aromatic N) is 2. The molecule has 0 N–H and O–H groups in total.